The van der Waals surface area contributed by atoms with Crippen LogP contribution in [0.25, 0.3) is 0 Å². The normalized spacial score (nSPS) is 11.6. The van der Waals surface area contributed by atoms with Gasteiger partial charge in [-0.25, -0.2) is 0 Å². The number of nitrogens with one attached hydrogen (secondary N) is 1. The van der Waals surface area contributed by atoms with Gasteiger partial charge in [0.25, 0.3) is 5.91 Å². The zero-order valence-corrected chi connectivity index (χ0v) is 11.2. The Labute approximate surface area is 120 Å². The molecule has 0 fully saturated rings. The number of primary amides is 2. The van der Waals surface area contributed by atoms with Crippen molar-refractivity contribution >= 4 is 17.7 Å². The molecule has 0 aliphatic heterocycles. The van der Waals surface area contributed by atoms with Gasteiger partial charge in [0, 0.05) is 6.42 Å². The standard InChI is InChI=1S/C13H17N3O5/c14-10(18)6-2-4-8(12(15)20)16-13(21)7-3-1-5-9(17)11(7)19/h1,3,5,8,17,19H,2,4,6H2,(H2,14,18)(H2,15,20)(H,16,21). The number of phenols is 2. The second-order valence-electron chi connectivity index (χ2n) is 4.46. The van der Waals surface area contributed by atoms with E-state index >= 15 is 0 Å². The van der Waals surface area contributed by atoms with Crippen molar-refractivity contribution in [2.45, 2.75) is 25.3 Å². The van der Waals surface area contributed by atoms with Crippen molar-refractivity contribution in [1.29, 1.82) is 0 Å². The highest BCUT2D eigenvalue weighted by atomic mass is 16.3. The maximum absolute atomic E-state index is 11.9. The predicted octanol–water partition coefficient (Wildman–Crippen LogP) is -0.663. The van der Waals surface area contributed by atoms with Crippen LogP contribution < -0.4 is 16.8 Å². The number of hydrogen-bond donors (Lipinski definition) is 5. The summed E-state index contributed by atoms with van der Waals surface area (Å²) in [5, 5.41) is 21.2. The molecule has 0 heterocycles. The Morgan fingerprint density at radius 1 is 1.19 bits per heavy atom. The van der Waals surface area contributed by atoms with E-state index in [2.05, 4.69) is 5.32 Å². The van der Waals surface area contributed by atoms with Gasteiger partial charge in [0.05, 0.1) is 5.56 Å². The Hall–Kier alpha value is -2.77. The van der Waals surface area contributed by atoms with Gasteiger partial charge in [0.2, 0.25) is 11.8 Å². The van der Waals surface area contributed by atoms with Crippen molar-refractivity contribution in [2.24, 2.45) is 11.5 Å². The van der Waals surface area contributed by atoms with Gasteiger partial charge in [0.15, 0.2) is 11.5 Å². The lowest BCUT2D eigenvalue weighted by Crippen LogP contribution is -2.44. The number of aromatic hydroxyl groups is 2. The van der Waals surface area contributed by atoms with Crippen LogP contribution in [0.15, 0.2) is 18.2 Å². The summed E-state index contributed by atoms with van der Waals surface area (Å²) in [5.41, 5.74) is 9.96. The fourth-order valence-electron chi connectivity index (χ4n) is 1.72. The van der Waals surface area contributed by atoms with E-state index in [9.17, 15) is 24.6 Å². The largest absolute Gasteiger partial charge is 0.504 e. The molecule has 0 radical (unpaired) electrons. The molecule has 21 heavy (non-hydrogen) atoms. The summed E-state index contributed by atoms with van der Waals surface area (Å²) in [4.78, 5) is 33.9. The number of carbonyl (C=O) groups excluding carboxylic acids is 3. The van der Waals surface area contributed by atoms with Gasteiger partial charge in [-0.3, -0.25) is 14.4 Å². The SMILES string of the molecule is NC(=O)CCCC(NC(=O)c1cccc(O)c1O)C(N)=O. The average molecular weight is 295 g/mol. The van der Waals surface area contributed by atoms with Crippen molar-refractivity contribution in [2.75, 3.05) is 0 Å². The number of hydrogen-bond acceptors (Lipinski definition) is 5. The number of nitrogens with two attached hydrogens (primary N) is 2. The van der Waals surface area contributed by atoms with Crippen molar-refractivity contribution in [1.82, 2.24) is 5.32 Å². The second kappa shape index (κ2) is 7.13. The van der Waals surface area contributed by atoms with E-state index in [1.165, 1.54) is 18.2 Å². The van der Waals surface area contributed by atoms with Gasteiger partial charge < -0.3 is 27.0 Å². The van der Waals surface area contributed by atoms with E-state index in [1.54, 1.807) is 0 Å². The highest BCUT2D eigenvalue weighted by molar-refractivity contribution is 6.00. The van der Waals surface area contributed by atoms with Crippen molar-refractivity contribution in [3.05, 3.63) is 23.8 Å². The molecule has 7 N–H and O–H groups in total. The van der Waals surface area contributed by atoms with Crippen LogP contribution in [0.1, 0.15) is 29.6 Å². The van der Waals surface area contributed by atoms with E-state index in [0.717, 1.165) is 0 Å². The first-order valence-electron chi connectivity index (χ1n) is 6.22. The van der Waals surface area contributed by atoms with E-state index in [0.29, 0.717) is 0 Å². The molecule has 0 saturated carbocycles. The van der Waals surface area contributed by atoms with E-state index in [1.807, 2.05) is 0 Å². The van der Waals surface area contributed by atoms with Crippen LogP contribution in [0.3, 0.4) is 0 Å². The lowest BCUT2D eigenvalue weighted by Gasteiger charge is -2.15. The summed E-state index contributed by atoms with van der Waals surface area (Å²) < 4.78 is 0. The number of para-hydroxylation sites is 1. The second-order valence-corrected chi connectivity index (χ2v) is 4.46. The zero-order valence-electron chi connectivity index (χ0n) is 11.2. The van der Waals surface area contributed by atoms with Gasteiger partial charge in [-0.05, 0) is 25.0 Å². The molecule has 0 aliphatic carbocycles. The summed E-state index contributed by atoms with van der Waals surface area (Å²) in [6.07, 6.45) is 0.496. The molecule has 0 aromatic heterocycles. The molecule has 1 unspecified atom stereocenters. The molecule has 8 nitrogen and oxygen atoms in total. The highest BCUT2D eigenvalue weighted by Crippen LogP contribution is 2.28. The van der Waals surface area contributed by atoms with Gasteiger partial charge in [-0.1, -0.05) is 6.07 Å². The molecule has 1 aromatic rings. The third-order valence-corrected chi connectivity index (χ3v) is 2.82. The van der Waals surface area contributed by atoms with Gasteiger partial charge in [-0.2, -0.15) is 0 Å². The predicted molar refractivity (Wildman–Crippen MR) is 73.3 cm³/mol. The first-order valence-corrected chi connectivity index (χ1v) is 6.22. The Balaban J connectivity index is 2.74. The number of benzene rings is 1. The van der Waals surface area contributed by atoms with Crippen LogP contribution >= 0.6 is 0 Å². The molecular formula is C13H17N3O5. The fraction of sp³-hybridized carbons (Fsp3) is 0.308. The molecule has 0 saturated heterocycles. The summed E-state index contributed by atoms with van der Waals surface area (Å²) in [6.45, 7) is 0. The molecule has 1 atom stereocenters. The minimum absolute atomic E-state index is 0.0665. The topological polar surface area (TPSA) is 156 Å². The van der Waals surface area contributed by atoms with Crippen LogP contribution in [-0.4, -0.2) is 34.0 Å². The van der Waals surface area contributed by atoms with Gasteiger partial charge in [0.1, 0.15) is 6.04 Å². The zero-order chi connectivity index (χ0) is 16.0. The average Bonchev–Trinajstić information content (AvgIpc) is 2.40. The van der Waals surface area contributed by atoms with Crippen LogP contribution in [0.2, 0.25) is 0 Å². The first kappa shape index (κ1) is 16.3. The minimum Gasteiger partial charge on any atom is -0.504 e. The summed E-state index contributed by atoms with van der Waals surface area (Å²) in [6, 6.07) is 2.87. The molecule has 8 heteroatoms. The number of rotatable bonds is 7. The van der Waals surface area contributed by atoms with E-state index < -0.39 is 35.3 Å². The number of phenolic OH excluding ortho intramolecular Hbond substituents is 2. The van der Waals surface area contributed by atoms with E-state index in [4.69, 9.17) is 11.5 Å². The Morgan fingerprint density at radius 2 is 1.86 bits per heavy atom. The number of carbonyl (C=O) groups is 3. The van der Waals surface area contributed by atoms with Crippen LogP contribution in [0, 0.1) is 0 Å². The van der Waals surface area contributed by atoms with Crippen LogP contribution in [0.4, 0.5) is 0 Å². The third-order valence-electron chi connectivity index (χ3n) is 2.82. The van der Waals surface area contributed by atoms with Crippen molar-refractivity contribution in [3.63, 3.8) is 0 Å². The van der Waals surface area contributed by atoms with Crippen molar-refractivity contribution in [3.8, 4) is 11.5 Å². The lowest BCUT2D eigenvalue weighted by molar-refractivity contribution is -0.121. The Morgan fingerprint density at radius 3 is 2.43 bits per heavy atom. The molecule has 0 spiro atoms. The fourth-order valence-corrected chi connectivity index (χ4v) is 1.72. The van der Waals surface area contributed by atoms with Crippen LogP contribution in [-0.2, 0) is 9.59 Å². The molecule has 1 aromatic carbocycles. The minimum atomic E-state index is -1.00. The van der Waals surface area contributed by atoms with E-state index in [-0.39, 0.29) is 24.8 Å². The number of amides is 3. The maximum Gasteiger partial charge on any atom is 0.255 e. The summed E-state index contributed by atoms with van der Waals surface area (Å²) in [7, 11) is 0. The smallest absolute Gasteiger partial charge is 0.255 e. The highest BCUT2D eigenvalue weighted by Gasteiger charge is 2.21. The van der Waals surface area contributed by atoms with Gasteiger partial charge >= 0.3 is 0 Å². The Kier molecular flexibility index (Phi) is 5.53. The first-order chi connectivity index (χ1) is 9.82. The molecule has 114 valence electrons. The quantitative estimate of drug-likeness (QED) is 0.422. The lowest BCUT2D eigenvalue weighted by atomic mass is 10.1. The summed E-state index contributed by atoms with van der Waals surface area (Å²) in [5.74, 6) is -3.09. The molecule has 0 bridgehead atoms. The molecule has 1 rings (SSSR count). The molecule has 3 amide bonds. The van der Waals surface area contributed by atoms with Gasteiger partial charge in [-0.15, -0.1) is 0 Å². The maximum atomic E-state index is 11.9. The molecular weight excluding hydrogens is 278 g/mol. The monoisotopic (exact) mass is 295 g/mol. The Bertz CT molecular complexity index is 559. The van der Waals surface area contributed by atoms with Crippen molar-refractivity contribution < 1.29 is 24.6 Å². The third kappa shape index (κ3) is 4.68. The van der Waals surface area contributed by atoms with Crippen LogP contribution in [0.5, 0.6) is 11.5 Å². The summed E-state index contributed by atoms with van der Waals surface area (Å²) >= 11 is 0. The molecule has 0 aliphatic rings.